The van der Waals surface area contributed by atoms with Crippen LogP contribution in [0.1, 0.15) is 19.8 Å². The van der Waals surface area contributed by atoms with Gasteiger partial charge in [0.05, 0.1) is 10.9 Å². The number of hydrogen-bond donors (Lipinski definition) is 0. The molecule has 0 saturated carbocycles. The quantitative estimate of drug-likeness (QED) is 0.831. The lowest BCUT2D eigenvalue weighted by Gasteiger charge is -2.25. The summed E-state index contributed by atoms with van der Waals surface area (Å²) in [4.78, 5) is 34.8. The molecule has 6 nitrogen and oxygen atoms in total. The van der Waals surface area contributed by atoms with Crippen LogP contribution in [-0.2, 0) is 9.59 Å². The maximum atomic E-state index is 12.8. The van der Waals surface area contributed by atoms with Crippen molar-refractivity contribution in [1.82, 2.24) is 14.8 Å². The Bertz CT molecular complexity index is 624. The van der Waals surface area contributed by atoms with Gasteiger partial charge in [-0.25, -0.2) is 4.98 Å². The average Bonchev–Trinajstić information content (AvgIpc) is 2.80. The molecule has 0 N–H and O–H groups in total. The number of likely N-dealkylation sites (tertiary alicyclic amines) is 1. The van der Waals surface area contributed by atoms with Crippen LogP contribution in [-0.4, -0.2) is 65.9 Å². The summed E-state index contributed by atoms with van der Waals surface area (Å²) < 4.78 is 0. The summed E-state index contributed by atoms with van der Waals surface area (Å²) in [6, 6.07) is 3.65. The first-order chi connectivity index (χ1) is 11.6. The number of nitrogens with zero attached hydrogens (tertiary/aromatic N) is 4. The van der Waals surface area contributed by atoms with Gasteiger partial charge in [-0.15, -0.1) is 0 Å². The van der Waals surface area contributed by atoms with Crippen LogP contribution in [0.4, 0.5) is 5.82 Å². The summed E-state index contributed by atoms with van der Waals surface area (Å²) in [5.41, 5.74) is 0. The lowest BCUT2D eigenvalue weighted by atomic mass is 10.1. The van der Waals surface area contributed by atoms with Gasteiger partial charge in [0.2, 0.25) is 11.8 Å². The largest absolute Gasteiger partial charge is 0.354 e. The Labute approximate surface area is 147 Å². The standard InChI is InChI=1S/C17H23ClN4O2/c1-2-20-12-13(11-15(20)23)17(24)22-8-4-7-21(9-10-22)16-14(18)5-3-6-19-16/h3,5-6,13H,2,4,7-12H2,1H3. The average molecular weight is 351 g/mol. The number of carbonyl (C=O) groups excluding carboxylic acids is 2. The number of rotatable bonds is 3. The van der Waals surface area contributed by atoms with E-state index in [1.54, 1.807) is 11.1 Å². The zero-order valence-corrected chi connectivity index (χ0v) is 14.7. The van der Waals surface area contributed by atoms with E-state index < -0.39 is 0 Å². The van der Waals surface area contributed by atoms with Crippen LogP contribution in [0.5, 0.6) is 0 Å². The van der Waals surface area contributed by atoms with Gasteiger partial charge in [0, 0.05) is 51.9 Å². The molecule has 2 aliphatic heterocycles. The number of pyridine rings is 1. The molecule has 0 aromatic carbocycles. The molecule has 3 rings (SSSR count). The van der Waals surface area contributed by atoms with E-state index in [9.17, 15) is 9.59 Å². The van der Waals surface area contributed by atoms with Gasteiger partial charge >= 0.3 is 0 Å². The summed E-state index contributed by atoms with van der Waals surface area (Å²) in [5, 5.41) is 0.636. The zero-order chi connectivity index (χ0) is 17.1. The van der Waals surface area contributed by atoms with Gasteiger partial charge in [-0.05, 0) is 25.5 Å². The molecule has 2 aliphatic rings. The Hall–Kier alpha value is -1.82. The zero-order valence-electron chi connectivity index (χ0n) is 13.9. The summed E-state index contributed by atoms with van der Waals surface area (Å²) >= 11 is 6.23. The van der Waals surface area contributed by atoms with Crippen molar-refractivity contribution in [2.24, 2.45) is 5.92 Å². The molecule has 7 heteroatoms. The first-order valence-corrected chi connectivity index (χ1v) is 8.90. The molecule has 3 heterocycles. The van der Waals surface area contributed by atoms with Gasteiger partial charge in [-0.3, -0.25) is 9.59 Å². The van der Waals surface area contributed by atoms with Crippen molar-refractivity contribution in [2.45, 2.75) is 19.8 Å². The Morgan fingerprint density at radius 2 is 2.17 bits per heavy atom. The molecule has 2 fully saturated rings. The maximum absolute atomic E-state index is 12.8. The highest BCUT2D eigenvalue weighted by Crippen LogP contribution is 2.25. The minimum absolute atomic E-state index is 0.0903. The summed E-state index contributed by atoms with van der Waals surface area (Å²) in [7, 11) is 0. The van der Waals surface area contributed by atoms with E-state index in [0.717, 1.165) is 25.3 Å². The minimum atomic E-state index is -0.192. The van der Waals surface area contributed by atoms with Crippen LogP contribution in [0.15, 0.2) is 18.3 Å². The number of carbonyl (C=O) groups is 2. The third-order valence-electron chi connectivity index (χ3n) is 4.79. The van der Waals surface area contributed by atoms with Gasteiger partial charge in [0.1, 0.15) is 5.82 Å². The molecule has 2 saturated heterocycles. The summed E-state index contributed by atoms with van der Waals surface area (Å²) in [6.07, 6.45) is 2.95. The smallest absolute Gasteiger partial charge is 0.228 e. The lowest BCUT2D eigenvalue weighted by Crippen LogP contribution is -2.40. The second-order valence-electron chi connectivity index (χ2n) is 6.31. The number of amides is 2. The van der Waals surface area contributed by atoms with Gasteiger partial charge in [0.15, 0.2) is 0 Å². The second kappa shape index (κ2) is 7.38. The third-order valence-corrected chi connectivity index (χ3v) is 5.09. The van der Waals surface area contributed by atoms with Gasteiger partial charge in [-0.2, -0.15) is 0 Å². The minimum Gasteiger partial charge on any atom is -0.354 e. The van der Waals surface area contributed by atoms with E-state index in [1.165, 1.54) is 0 Å². The van der Waals surface area contributed by atoms with Gasteiger partial charge in [-0.1, -0.05) is 11.6 Å². The van der Waals surface area contributed by atoms with Crippen molar-refractivity contribution in [3.05, 3.63) is 23.4 Å². The molecule has 1 aromatic heterocycles. The molecule has 1 aromatic rings. The van der Waals surface area contributed by atoms with E-state index >= 15 is 0 Å². The van der Waals surface area contributed by atoms with E-state index in [0.29, 0.717) is 37.6 Å². The van der Waals surface area contributed by atoms with E-state index in [4.69, 9.17) is 11.6 Å². The monoisotopic (exact) mass is 350 g/mol. The predicted molar refractivity (Wildman–Crippen MR) is 93.0 cm³/mol. The van der Waals surface area contributed by atoms with Crippen molar-refractivity contribution >= 4 is 29.2 Å². The van der Waals surface area contributed by atoms with Crippen molar-refractivity contribution in [1.29, 1.82) is 0 Å². The Kier molecular flexibility index (Phi) is 5.23. The van der Waals surface area contributed by atoms with Crippen LogP contribution in [0.3, 0.4) is 0 Å². The molecule has 1 atom stereocenters. The van der Waals surface area contributed by atoms with E-state index in [1.807, 2.05) is 24.0 Å². The van der Waals surface area contributed by atoms with Crippen molar-refractivity contribution in [2.75, 3.05) is 44.2 Å². The lowest BCUT2D eigenvalue weighted by molar-refractivity contribution is -0.135. The Morgan fingerprint density at radius 1 is 1.33 bits per heavy atom. The molecular weight excluding hydrogens is 328 g/mol. The van der Waals surface area contributed by atoms with Crippen molar-refractivity contribution in [3.63, 3.8) is 0 Å². The molecule has 130 valence electrons. The number of hydrogen-bond acceptors (Lipinski definition) is 4. The topological polar surface area (TPSA) is 56.8 Å². The molecule has 0 radical (unpaired) electrons. The normalized spacial score (nSPS) is 22.0. The molecule has 0 bridgehead atoms. The first-order valence-electron chi connectivity index (χ1n) is 8.52. The Morgan fingerprint density at radius 3 is 2.88 bits per heavy atom. The fourth-order valence-corrected chi connectivity index (χ4v) is 3.70. The molecule has 24 heavy (non-hydrogen) atoms. The molecular formula is C17H23ClN4O2. The predicted octanol–water partition coefficient (Wildman–Crippen LogP) is 1.64. The maximum Gasteiger partial charge on any atom is 0.228 e. The molecule has 1 unspecified atom stereocenters. The van der Waals surface area contributed by atoms with Crippen molar-refractivity contribution in [3.8, 4) is 0 Å². The van der Waals surface area contributed by atoms with E-state index in [2.05, 4.69) is 9.88 Å². The fraction of sp³-hybridized carbons (Fsp3) is 0.588. The highest BCUT2D eigenvalue weighted by Gasteiger charge is 2.36. The molecule has 0 aliphatic carbocycles. The summed E-state index contributed by atoms with van der Waals surface area (Å²) in [6.45, 7) is 6.07. The highest BCUT2D eigenvalue weighted by atomic mass is 35.5. The first kappa shape index (κ1) is 17.0. The SMILES string of the molecule is CCN1CC(C(=O)N2CCCN(c3ncccc3Cl)CC2)CC1=O. The van der Waals surface area contributed by atoms with Gasteiger partial charge < -0.3 is 14.7 Å². The molecule has 0 spiro atoms. The highest BCUT2D eigenvalue weighted by molar-refractivity contribution is 6.32. The second-order valence-corrected chi connectivity index (χ2v) is 6.72. The molecule has 2 amide bonds. The number of anilines is 1. The van der Waals surface area contributed by atoms with Crippen LogP contribution >= 0.6 is 11.6 Å². The third kappa shape index (κ3) is 3.48. The van der Waals surface area contributed by atoms with Crippen LogP contribution in [0.25, 0.3) is 0 Å². The van der Waals surface area contributed by atoms with Crippen LogP contribution < -0.4 is 4.90 Å². The van der Waals surface area contributed by atoms with E-state index in [-0.39, 0.29) is 17.7 Å². The van der Waals surface area contributed by atoms with Crippen LogP contribution in [0, 0.1) is 5.92 Å². The number of aromatic nitrogens is 1. The van der Waals surface area contributed by atoms with Crippen molar-refractivity contribution < 1.29 is 9.59 Å². The van der Waals surface area contributed by atoms with Crippen LogP contribution in [0.2, 0.25) is 5.02 Å². The Balaban J connectivity index is 1.62. The fourth-order valence-electron chi connectivity index (χ4n) is 3.46. The summed E-state index contributed by atoms with van der Waals surface area (Å²) in [5.74, 6) is 0.782. The number of halogens is 1. The van der Waals surface area contributed by atoms with Gasteiger partial charge in [0.25, 0.3) is 0 Å².